The van der Waals surface area contributed by atoms with E-state index < -0.39 is 8.07 Å². The number of ether oxygens (including phenoxy) is 2. The number of benzene rings is 1. The van der Waals surface area contributed by atoms with Gasteiger partial charge in [-0.3, -0.25) is 10.2 Å². The van der Waals surface area contributed by atoms with E-state index in [0.717, 1.165) is 11.6 Å². The molecule has 1 aliphatic rings. The minimum absolute atomic E-state index is 0.157. The lowest BCUT2D eigenvalue weighted by molar-refractivity contribution is 0.0957. The van der Waals surface area contributed by atoms with Gasteiger partial charge in [0.2, 0.25) is 0 Å². The number of fused-ring (bicyclic) bond motifs is 1. The molecule has 0 unspecified atom stereocenters. The second-order valence-corrected chi connectivity index (χ2v) is 14.3. The number of carbonyl (C=O) groups excluding carboxylic acids is 1. The van der Waals surface area contributed by atoms with Gasteiger partial charge in [-0.05, 0) is 36.7 Å². The minimum atomic E-state index is -1.13. The van der Waals surface area contributed by atoms with Crippen molar-refractivity contribution in [2.45, 2.75) is 32.6 Å². The molecule has 0 saturated heterocycles. The van der Waals surface area contributed by atoms with Crippen LogP contribution >= 0.6 is 0 Å². The van der Waals surface area contributed by atoms with E-state index in [-0.39, 0.29) is 5.91 Å². The van der Waals surface area contributed by atoms with Crippen molar-refractivity contribution in [2.75, 3.05) is 31.8 Å². The Hall–Kier alpha value is -2.71. The van der Waals surface area contributed by atoms with E-state index in [9.17, 15) is 4.79 Å². The van der Waals surface area contributed by atoms with Crippen LogP contribution < -0.4 is 15.4 Å². The highest BCUT2D eigenvalue weighted by Crippen LogP contribution is 2.25. The highest BCUT2D eigenvalue weighted by Gasteiger charge is 2.19. The number of nitrogens with one attached hydrogen (secondary N) is 3. The summed E-state index contributed by atoms with van der Waals surface area (Å²) in [4.78, 5) is 16.6. The highest BCUT2D eigenvalue weighted by molar-refractivity contribution is 6.76. The van der Waals surface area contributed by atoms with Gasteiger partial charge in [0.15, 0.2) is 0 Å². The van der Waals surface area contributed by atoms with Crippen molar-refractivity contribution < 1.29 is 14.3 Å². The molecule has 2 aromatic rings. The highest BCUT2D eigenvalue weighted by atomic mass is 28.3. The third-order valence-electron chi connectivity index (χ3n) is 4.79. The molecule has 0 radical (unpaired) electrons. The Morgan fingerprint density at radius 3 is 2.90 bits per heavy atom. The van der Waals surface area contributed by atoms with E-state index in [0.29, 0.717) is 60.5 Å². The molecule has 8 heteroatoms. The van der Waals surface area contributed by atoms with Crippen molar-refractivity contribution in [3.63, 3.8) is 0 Å². The molecule has 0 saturated carbocycles. The van der Waals surface area contributed by atoms with Crippen LogP contribution in [0.4, 0.5) is 5.82 Å². The quantitative estimate of drug-likeness (QED) is 0.259. The zero-order chi connectivity index (χ0) is 21.7. The maximum atomic E-state index is 12.1. The predicted octanol–water partition coefficient (Wildman–Crippen LogP) is 3.65. The molecule has 30 heavy (non-hydrogen) atoms. The van der Waals surface area contributed by atoms with Crippen LogP contribution in [0.5, 0.6) is 5.75 Å². The molecule has 0 atom stereocenters. The van der Waals surface area contributed by atoms with E-state index in [4.69, 9.17) is 14.9 Å². The first kappa shape index (κ1) is 22.0. The average molecular weight is 427 g/mol. The van der Waals surface area contributed by atoms with E-state index in [1.807, 2.05) is 13.0 Å². The molecule has 1 amide bonds. The third kappa shape index (κ3) is 5.67. The lowest BCUT2D eigenvalue weighted by Gasteiger charge is -2.17. The molecule has 1 aromatic heterocycles. The molecule has 0 fully saturated rings. The monoisotopic (exact) mass is 426 g/mol. The van der Waals surface area contributed by atoms with E-state index in [1.165, 1.54) is 0 Å². The summed E-state index contributed by atoms with van der Waals surface area (Å²) >= 11 is 0. The largest absolute Gasteiger partial charge is 0.491 e. The Bertz CT molecular complexity index is 940. The topological polar surface area (TPSA) is 96.3 Å². The van der Waals surface area contributed by atoms with Gasteiger partial charge in [-0.15, -0.1) is 0 Å². The van der Waals surface area contributed by atoms with Gasteiger partial charge >= 0.3 is 0 Å². The number of pyridine rings is 1. The van der Waals surface area contributed by atoms with Crippen molar-refractivity contribution in [1.29, 1.82) is 5.41 Å². The van der Waals surface area contributed by atoms with E-state index in [2.05, 4.69) is 35.3 Å². The summed E-state index contributed by atoms with van der Waals surface area (Å²) in [6.45, 7) is 10.8. The summed E-state index contributed by atoms with van der Waals surface area (Å²) in [5, 5.41) is 14.8. The lowest BCUT2D eigenvalue weighted by Crippen LogP contribution is -2.24. The van der Waals surface area contributed by atoms with Gasteiger partial charge in [0, 0.05) is 32.0 Å². The van der Waals surface area contributed by atoms with Crippen LogP contribution in [0.15, 0.2) is 30.5 Å². The number of anilines is 1. The van der Waals surface area contributed by atoms with Crippen molar-refractivity contribution in [1.82, 2.24) is 10.3 Å². The Kier molecular flexibility index (Phi) is 6.89. The second-order valence-electron chi connectivity index (χ2n) is 8.64. The standard InChI is InChI=1S/C22H30N4O3Si/c1-15-11-18(21(25-13-15)26-14-28-9-10-30(2,3)4)20(23)16-5-6-17-19(12-16)29-8-7-24-22(17)27/h5-6,11-13,23H,7-10,14H2,1-4H3,(H,24,27)(H,25,26). The average Bonchev–Trinajstić information content (AvgIpc) is 2.88. The number of aryl methyl sites for hydroxylation is 1. The molecule has 2 heterocycles. The van der Waals surface area contributed by atoms with E-state index >= 15 is 0 Å². The molecule has 0 spiro atoms. The van der Waals surface area contributed by atoms with Crippen molar-refractivity contribution in [2.24, 2.45) is 0 Å². The number of aromatic nitrogens is 1. The Morgan fingerprint density at radius 1 is 1.33 bits per heavy atom. The van der Waals surface area contributed by atoms with Crippen LogP contribution in [-0.2, 0) is 4.74 Å². The molecule has 0 aliphatic carbocycles. The first-order valence-corrected chi connectivity index (χ1v) is 13.9. The molecule has 1 aromatic carbocycles. The fourth-order valence-corrected chi connectivity index (χ4v) is 3.79. The fourth-order valence-electron chi connectivity index (χ4n) is 3.03. The molecule has 3 N–H and O–H groups in total. The minimum Gasteiger partial charge on any atom is -0.491 e. The lowest BCUT2D eigenvalue weighted by atomic mass is 9.99. The van der Waals surface area contributed by atoms with Crippen LogP contribution in [0.3, 0.4) is 0 Å². The van der Waals surface area contributed by atoms with Gasteiger partial charge < -0.3 is 20.1 Å². The molecule has 160 valence electrons. The summed E-state index contributed by atoms with van der Waals surface area (Å²) in [6, 6.07) is 8.25. The van der Waals surface area contributed by atoms with Crippen molar-refractivity contribution >= 4 is 25.5 Å². The van der Waals surface area contributed by atoms with Crippen LogP contribution in [0, 0.1) is 12.3 Å². The number of hydrogen-bond acceptors (Lipinski definition) is 6. The smallest absolute Gasteiger partial charge is 0.255 e. The van der Waals surface area contributed by atoms with Gasteiger partial charge in [-0.25, -0.2) is 4.98 Å². The molecule has 7 nitrogen and oxygen atoms in total. The molecule has 1 aliphatic heterocycles. The van der Waals surface area contributed by atoms with Crippen molar-refractivity contribution in [3.05, 3.63) is 52.7 Å². The Labute approximate surface area is 178 Å². The Balaban J connectivity index is 1.76. The van der Waals surface area contributed by atoms with Crippen molar-refractivity contribution in [3.8, 4) is 5.75 Å². The van der Waals surface area contributed by atoms with Gasteiger partial charge in [0.1, 0.15) is 24.9 Å². The molecular weight excluding hydrogens is 396 g/mol. The first-order chi connectivity index (χ1) is 14.2. The van der Waals surface area contributed by atoms with Gasteiger partial charge in [0.05, 0.1) is 17.8 Å². The number of rotatable bonds is 8. The summed E-state index contributed by atoms with van der Waals surface area (Å²) < 4.78 is 11.4. The van der Waals surface area contributed by atoms with Crippen LogP contribution in [0.2, 0.25) is 25.7 Å². The maximum Gasteiger partial charge on any atom is 0.255 e. The van der Waals surface area contributed by atoms with Crippen LogP contribution in [0.1, 0.15) is 27.0 Å². The fraction of sp³-hybridized carbons (Fsp3) is 0.409. The van der Waals surface area contributed by atoms with E-state index in [1.54, 1.807) is 24.4 Å². The maximum absolute atomic E-state index is 12.1. The summed E-state index contributed by atoms with van der Waals surface area (Å²) in [5.41, 5.74) is 3.11. The normalized spacial score (nSPS) is 13.7. The number of carbonyl (C=O) groups is 1. The summed E-state index contributed by atoms with van der Waals surface area (Å²) in [5.74, 6) is 0.944. The number of nitrogens with zero attached hydrogens (tertiary/aromatic N) is 1. The second kappa shape index (κ2) is 9.40. The van der Waals surface area contributed by atoms with Gasteiger partial charge in [-0.2, -0.15) is 0 Å². The SMILES string of the molecule is Cc1cnc(NCOCC[Si](C)(C)C)c(C(=N)c2ccc3c(c2)OCCNC3=O)c1. The zero-order valence-electron chi connectivity index (χ0n) is 18.1. The zero-order valence-corrected chi connectivity index (χ0v) is 19.1. The first-order valence-electron chi connectivity index (χ1n) is 10.2. The van der Waals surface area contributed by atoms with Gasteiger partial charge in [0.25, 0.3) is 5.91 Å². The Morgan fingerprint density at radius 2 is 2.13 bits per heavy atom. The summed E-state index contributed by atoms with van der Waals surface area (Å²) in [7, 11) is -1.13. The summed E-state index contributed by atoms with van der Waals surface area (Å²) in [6.07, 6.45) is 1.77. The molecule has 0 bridgehead atoms. The van der Waals surface area contributed by atoms with Gasteiger partial charge in [-0.1, -0.05) is 25.7 Å². The number of hydrogen-bond donors (Lipinski definition) is 3. The molecular formula is C22H30N4O3Si. The number of amides is 1. The molecule has 3 rings (SSSR count). The third-order valence-corrected chi connectivity index (χ3v) is 6.50. The van der Waals surface area contributed by atoms with Crippen LogP contribution in [-0.4, -0.2) is 51.2 Å². The van der Waals surface area contributed by atoms with Crippen LogP contribution in [0.25, 0.3) is 0 Å². The predicted molar refractivity (Wildman–Crippen MR) is 122 cm³/mol.